The summed E-state index contributed by atoms with van der Waals surface area (Å²) in [6.07, 6.45) is -0.0658. The van der Waals surface area contributed by atoms with Gasteiger partial charge >= 0.3 is 5.97 Å². The van der Waals surface area contributed by atoms with Crippen molar-refractivity contribution in [2.45, 2.75) is 13.3 Å². The Morgan fingerprint density at radius 2 is 2.00 bits per heavy atom. The standard InChI is InChI=1S/C11H12F2N2O4/c1-2-19-10(16)3-4-14-11-8(12)5-7(15(17)18)6-9(11)13/h5-6,14H,2-4H2,1H3. The van der Waals surface area contributed by atoms with E-state index in [0.717, 1.165) is 0 Å². The average molecular weight is 274 g/mol. The molecule has 0 aromatic heterocycles. The summed E-state index contributed by atoms with van der Waals surface area (Å²) in [6, 6.07) is 1.21. The molecular weight excluding hydrogens is 262 g/mol. The Morgan fingerprint density at radius 3 is 2.47 bits per heavy atom. The molecule has 19 heavy (non-hydrogen) atoms. The fraction of sp³-hybridized carbons (Fsp3) is 0.364. The van der Waals surface area contributed by atoms with Crippen molar-refractivity contribution in [2.24, 2.45) is 0 Å². The third kappa shape index (κ3) is 4.16. The maximum absolute atomic E-state index is 13.4. The van der Waals surface area contributed by atoms with Gasteiger partial charge in [-0.2, -0.15) is 0 Å². The maximum Gasteiger partial charge on any atom is 0.307 e. The predicted octanol–water partition coefficient (Wildman–Crippen LogP) is 2.24. The van der Waals surface area contributed by atoms with Gasteiger partial charge in [-0.15, -0.1) is 0 Å². The van der Waals surface area contributed by atoms with E-state index in [4.69, 9.17) is 0 Å². The first-order valence-corrected chi connectivity index (χ1v) is 5.48. The molecule has 0 atom stereocenters. The normalized spacial score (nSPS) is 10.1. The lowest BCUT2D eigenvalue weighted by molar-refractivity contribution is -0.385. The molecule has 104 valence electrons. The Kier molecular flexibility index (Phi) is 5.16. The molecule has 8 heteroatoms. The monoisotopic (exact) mass is 274 g/mol. The summed E-state index contributed by atoms with van der Waals surface area (Å²) in [5.74, 6) is -2.68. The number of benzene rings is 1. The van der Waals surface area contributed by atoms with Crippen LogP contribution in [0.4, 0.5) is 20.2 Å². The molecule has 1 N–H and O–H groups in total. The second-order valence-corrected chi connectivity index (χ2v) is 3.52. The SMILES string of the molecule is CCOC(=O)CCNc1c(F)cc([N+](=O)[O-])cc1F. The Labute approximate surface area is 107 Å². The molecule has 1 rings (SSSR count). The van der Waals surface area contributed by atoms with Crippen molar-refractivity contribution < 1.29 is 23.2 Å². The summed E-state index contributed by atoms with van der Waals surface area (Å²) in [5, 5.41) is 12.7. The molecule has 6 nitrogen and oxygen atoms in total. The largest absolute Gasteiger partial charge is 0.466 e. The molecule has 0 aliphatic carbocycles. The number of anilines is 1. The van der Waals surface area contributed by atoms with Gasteiger partial charge in [-0.3, -0.25) is 14.9 Å². The summed E-state index contributed by atoms with van der Waals surface area (Å²) in [5.41, 5.74) is -1.18. The lowest BCUT2D eigenvalue weighted by Gasteiger charge is -2.08. The number of non-ortho nitro benzene ring substituents is 1. The van der Waals surface area contributed by atoms with Gasteiger partial charge < -0.3 is 10.1 Å². The number of nitro benzene ring substituents is 1. The Balaban J connectivity index is 2.69. The number of hydrogen-bond donors (Lipinski definition) is 1. The first-order chi connectivity index (χ1) is 8.95. The summed E-state index contributed by atoms with van der Waals surface area (Å²) >= 11 is 0. The molecule has 1 aromatic carbocycles. The summed E-state index contributed by atoms with van der Waals surface area (Å²) in [7, 11) is 0. The average Bonchev–Trinajstić information content (AvgIpc) is 2.32. The number of ether oxygens (including phenoxy) is 1. The van der Waals surface area contributed by atoms with Gasteiger partial charge in [0.2, 0.25) is 0 Å². The molecule has 0 saturated heterocycles. The number of carbonyl (C=O) groups excluding carboxylic acids is 1. The fourth-order valence-corrected chi connectivity index (χ4v) is 1.36. The maximum atomic E-state index is 13.4. The predicted molar refractivity (Wildman–Crippen MR) is 62.8 cm³/mol. The van der Waals surface area contributed by atoms with E-state index in [1.807, 2.05) is 0 Å². The molecule has 0 saturated carbocycles. The molecule has 1 aromatic rings. The second kappa shape index (κ2) is 6.62. The number of hydrogen-bond acceptors (Lipinski definition) is 5. The number of nitrogens with zero attached hydrogens (tertiary/aromatic N) is 1. The van der Waals surface area contributed by atoms with Crippen LogP contribution in [0.2, 0.25) is 0 Å². The van der Waals surface area contributed by atoms with Gasteiger partial charge in [0.1, 0.15) is 5.69 Å². The zero-order valence-corrected chi connectivity index (χ0v) is 10.1. The number of esters is 1. The summed E-state index contributed by atoms with van der Waals surface area (Å²) in [6.45, 7) is 1.82. The first-order valence-electron chi connectivity index (χ1n) is 5.48. The van der Waals surface area contributed by atoms with Gasteiger partial charge in [0.05, 0.1) is 30.1 Å². The molecule has 0 heterocycles. The van der Waals surface area contributed by atoms with Gasteiger partial charge in [0, 0.05) is 6.54 Å². The molecule has 0 radical (unpaired) electrons. The van der Waals surface area contributed by atoms with Crippen LogP contribution in [0.25, 0.3) is 0 Å². The van der Waals surface area contributed by atoms with Crippen molar-refractivity contribution in [1.29, 1.82) is 0 Å². The highest BCUT2D eigenvalue weighted by Crippen LogP contribution is 2.24. The fourth-order valence-electron chi connectivity index (χ4n) is 1.36. The first kappa shape index (κ1) is 14.8. The number of nitrogens with one attached hydrogen (secondary N) is 1. The lowest BCUT2D eigenvalue weighted by atomic mass is 10.2. The molecule has 0 spiro atoms. The van der Waals surface area contributed by atoms with Crippen molar-refractivity contribution in [3.63, 3.8) is 0 Å². The number of rotatable bonds is 6. The van der Waals surface area contributed by atoms with E-state index in [-0.39, 0.29) is 19.6 Å². The van der Waals surface area contributed by atoms with Crippen molar-refractivity contribution in [3.8, 4) is 0 Å². The van der Waals surface area contributed by atoms with Crippen LogP contribution in [0.3, 0.4) is 0 Å². The van der Waals surface area contributed by atoms with Crippen LogP contribution in [0.15, 0.2) is 12.1 Å². The van der Waals surface area contributed by atoms with E-state index in [2.05, 4.69) is 10.1 Å². The van der Waals surface area contributed by atoms with Gasteiger partial charge in [0.15, 0.2) is 11.6 Å². The van der Waals surface area contributed by atoms with E-state index in [9.17, 15) is 23.7 Å². The molecule has 0 aliphatic heterocycles. The molecule has 0 aliphatic rings. The van der Waals surface area contributed by atoms with Gasteiger partial charge in [-0.05, 0) is 6.92 Å². The Morgan fingerprint density at radius 1 is 1.42 bits per heavy atom. The lowest BCUT2D eigenvalue weighted by Crippen LogP contribution is -2.13. The van der Waals surface area contributed by atoms with Crippen molar-refractivity contribution in [3.05, 3.63) is 33.9 Å². The highest BCUT2D eigenvalue weighted by molar-refractivity contribution is 5.70. The second-order valence-electron chi connectivity index (χ2n) is 3.52. The third-order valence-corrected chi connectivity index (χ3v) is 2.17. The minimum Gasteiger partial charge on any atom is -0.466 e. The Hall–Kier alpha value is -2.25. The van der Waals surface area contributed by atoms with Crippen molar-refractivity contribution >= 4 is 17.3 Å². The van der Waals surface area contributed by atoms with Crippen molar-refractivity contribution in [2.75, 3.05) is 18.5 Å². The van der Waals surface area contributed by atoms with Crippen LogP contribution >= 0.6 is 0 Å². The minimum atomic E-state index is -1.09. The van der Waals surface area contributed by atoms with Gasteiger partial charge in [-0.25, -0.2) is 8.78 Å². The quantitative estimate of drug-likeness (QED) is 0.488. The van der Waals surface area contributed by atoms with Gasteiger partial charge in [-0.1, -0.05) is 0 Å². The minimum absolute atomic E-state index is 0.0372. The zero-order chi connectivity index (χ0) is 14.4. The number of nitro groups is 1. The Bertz CT molecular complexity index is 471. The smallest absolute Gasteiger partial charge is 0.307 e. The van der Waals surface area contributed by atoms with E-state index >= 15 is 0 Å². The number of carbonyl (C=O) groups is 1. The highest BCUT2D eigenvalue weighted by Gasteiger charge is 2.16. The molecule has 0 bridgehead atoms. The molecular formula is C11H12F2N2O4. The topological polar surface area (TPSA) is 81.5 Å². The number of halogens is 2. The third-order valence-electron chi connectivity index (χ3n) is 2.17. The van der Waals surface area contributed by atoms with E-state index < -0.39 is 33.9 Å². The van der Waals surface area contributed by atoms with Crippen LogP contribution < -0.4 is 5.32 Å². The van der Waals surface area contributed by atoms with E-state index in [0.29, 0.717) is 12.1 Å². The zero-order valence-electron chi connectivity index (χ0n) is 10.1. The van der Waals surface area contributed by atoms with E-state index in [1.165, 1.54) is 0 Å². The van der Waals surface area contributed by atoms with Gasteiger partial charge in [0.25, 0.3) is 5.69 Å². The van der Waals surface area contributed by atoms with Crippen LogP contribution in [0, 0.1) is 21.7 Å². The van der Waals surface area contributed by atoms with E-state index in [1.54, 1.807) is 6.92 Å². The summed E-state index contributed by atoms with van der Waals surface area (Å²) < 4.78 is 31.5. The van der Waals surface area contributed by atoms with Crippen LogP contribution in [-0.2, 0) is 9.53 Å². The van der Waals surface area contributed by atoms with Crippen LogP contribution in [-0.4, -0.2) is 24.0 Å². The molecule has 0 fully saturated rings. The summed E-state index contributed by atoms with van der Waals surface area (Å²) in [4.78, 5) is 20.5. The highest BCUT2D eigenvalue weighted by atomic mass is 19.1. The van der Waals surface area contributed by atoms with Crippen LogP contribution in [0.1, 0.15) is 13.3 Å². The molecule has 0 unspecified atom stereocenters. The van der Waals surface area contributed by atoms with Crippen LogP contribution in [0.5, 0.6) is 0 Å². The van der Waals surface area contributed by atoms with Crippen molar-refractivity contribution in [1.82, 2.24) is 0 Å². The molecule has 0 amide bonds.